The molecule has 0 radical (unpaired) electrons. The molecular weight excluding hydrogens is 218 g/mol. The van der Waals surface area contributed by atoms with Crippen molar-refractivity contribution < 1.29 is 14.3 Å². The van der Waals surface area contributed by atoms with Gasteiger partial charge in [0.2, 0.25) is 0 Å². The topological polar surface area (TPSA) is 67.2 Å². The van der Waals surface area contributed by atoms with Crippen LogP contribution in [0.2, 0.25) is 0 Å². The van der Waals surface area contributed by atoms with Gasteiger partial charge >= 0.3 is 11.9 Å². The highest BCUT2D eigenvalue weighted by molar-refractivity contribution is 5.98. The Morgan fingerprint density at radius 1 is 1.00 bits per heavy atom. The standard InChI is InChI=1S/C13H9NO3/c14-4-5-3-8-6-1-2-7(9(5)8)11-10(6)12(15)17-13(11)16/h1-3,6-11H/t6-,7-,8-,9-,10-,11-/m1/s1. The first kappa shape index (κ1) is 9.17. The SMILES string of the molecule is N#CC1=C[C@@H]2[C@H]3C=C[C@H]([C@@H]12)[C@H]1C(=O)OC(=O)[C@H]31. The average Bonchev–Trinajstić information content (AvgIpc) is 2.57. The lowest BCUT2D eigenvalue weighted by molar-refractivity contribution is -0.154. The minimum absolute atomic E-state index is 0.0198. The van der Waals surface area contributed by atoms with Crippen LogP contribution in [-0.4, -0.2) is 11.9 Å². The summed E-state index contributed by atoms with van der Waals surface area (Å²) in [4.78, 5) is 23.4. The Morgan fingerprint density at radius 2 is 1.65 bits per heavy atom. The summed E-state index contributed by atoms with van der Waals surface area (Å²) in [6, 6.07) is 2.18. The Hall–Kier alpha value is -1.89. The van der Waals surface area contributed by atoms with Gasteiger partial charge in [0.1, 0.15) is 0 Å². The Bertz CT molecular complexity index is 554. The maximum absolute atomic E-state index is 11.7. The number of ether oxygens (including phenoxy) is 1. The monoisotopic (exact) mass is 227 g/mol. The molecular formula is C13H9NO3. The molecule has 1 saturated heterocycles. The van der Waals surface area contributed by atoms with Gasteiger partial charge in [-0.2, -0.15) is 5.26 Å². The van der Waals surface area contributed by atoms with Crippen LogP contribution >= 0.6 is 0 Å². The summed E-state index contributed by atoms with van der Waals surface area (Å²) in [6.07, 6.45) is 5.97. The lowest BCUT2D eigenvalue weighted by Gasteiger charge is -2.52. The number of hydrogen-bond acceptors (Lipinski definition) is 4. The van der Waals surface area contributed by atoms with E-state index in [2.05, 4.69) is 6.07 Å². The molecule has 1 saturated carbocycles. The zero-order valence-corrected chi connectivity index (χ0v) is 8.87. The molecule has 17 heavy (non-hydrogen) atoms. The van der Waals surface area contributed by atoms with E-state index in [-0.39, 0.29) is 41.5 Å². The Labute approximate surface area is 97.5 Å². The lowest BCUT2D eigenvalue weighted by atomic mass is 9.48. The number of cyclic esters (lactones) is 2. The van der Waals surface area contributed by atoms with E-state index in [1.165, 1.54) is 0 Å². The highest BCUT2D eigenvalue weighted by atomic mass is 16.6. The highest BCUT2D eigenvalue weighted by Gasteiger charge is 2.63. The number of rotatable bonds is 0. The third-order valence-corrected chi connectivity index (χ3v) is 4.65. The summed E-state index contributed by atoms with van der Waals surface area (Å²) in [5.41, 5.74) is 0.764. The van der Waals surface area contributed by atoms with Crippen LogP contribution in [0.5, 0.6) is 0 Å². The van der Waals surface area contributed by atoms with Crippen LogP contribution in [0.1, 0.15) is 0 Å². The molecule has 0 aromatic heterocycles. The quantitative estimate of drug-likeness (QED) is 0.349. The maximum atomic E-state index is 11.7. The van der Waals surface area contributed by atoms with Gasteiger partial charge in [0, 0.05) is 11.5 Å². The molecule has 0 N–H and O–H groups in total. The van der Waals surface area contributed by atoms with Crippen molar-refractivity contribution in [2.24, 2.45) is 35.5 Å². The van der Waals surface area contributed by atoms with E-state index in [1.807, 2.05) is 18.2 Å². The van der Waals surface area contributed by atoms with E-state index in [0.29, 0.717) is 0 Å². The number of carbonyl (C=O) groups is 2. The summed E-state index contributed by atoms with van der Waals surface area (Å²) in [5.74, 6) is -1.03. The largest absolute Gasteiger partial charge is 0.393 e. The van der Waals surface area contributed by atoms with Gasteiger partial charge in [-0.3, -0.25) is 9.59 Å². The number of nitriles is 1. The van der Waals surface area contributed by atoms with E-state index in [1.54, 1.807) is 0 Å². The first-order valence-corrected chi connectivity index (χ1v) is 5.78. The fourth-order valence-electron chi connectivity index (χ4n) is 3.97. The lowest BCUT2D eigenvalue weighted by Crippen LogP contribution is -2.52. The minimum Gasteiger partial charge on any atom is -0.393 e. The van der Waals surface area contributed by atoms with Crippen LogP contribution in [0.3, 0.4) is 0 Å². The smallest absolute Gasteiger partial charge is 0.318 e. The third kappa shape index (κ3) is 0.858. The van der Waals surface area contributed by atoms with Crippen molar-refractivity contribution in [3.8, 4) is 6.07 Å². The molecule has 0 aromatic carbocycles. The zero-order chi connectivity index (χ0) is 11.7. The van der Waals surface area contributed by atoms with Crippen LogP contribution < -0.4 is 0 Å². The number of hydrogen-bond donors (Lipinski definition) is 0. The second-order valence-corrected chi connectivity index (χ2v) is 5.17. The molecule has 2 fully saturated rings. The van der Waals surface area contributed by atoms with E-state index in [4.69, 9.17) is 10.00 Å². The van der Waals surface area contributed by atoms with E-state index >= 15 is 0 Å². The summed E-state index contributed by atoms with van der Waals surface area (Å²) >= 11 is 0. The van der Waals surface area contributed by atoms with Crippen molar-refractivity contribution in [3.63, 3.8) is 0 Å². The molecule has 84 valence electrons. The van der Waals surface area contributed by atoms with Gasteiger partial charge in [0.15, 0.2) is 0 Å². The average molecular weight is 227 g/mol. The van der Waals surface area contributed by atoms with Crippen molar-refractivity contribution in [1.82, 2.24) is 0 Å². The van der Waals surface area contributed by atoms with Crippen molar-refractivity contribution >= 4 is 11.9 Å². The van der Waals surface area contributed by atoms with E-state index < -0.39 is 5.97 Å². The van der Waals surface area contributed by atoms with Gasteiger partial charge in [-0.25, -0.2) is 0 Å². The predicted octanol–water partition coefficient (Wildman–Crippen LogP) is 0.814. The van der Waals surface area contributed by atoms with Crippen LogP contribution in [0.15, 0.2) is 23.8 Å². The van der Waals surface area contributed by atoms with Crippen molar-refractivity contribution in [2.75, 3.05) is 0 Å². The molecule has 1 aliphatic heterocycles. The number of nitrogens with zero attached hydrogens (tertiary/aromatic N) is 1. The second-order valence-electron chi connectivity index (χ2n) is 5.17. The van der Waals surface area contributed by atoms with Crippen LogP contribution in [0.4, 0.5) is 0 Å². The van der Waals surface area contributed by atoms with Crippen molar-refractivity contribution in [2.45, 2.75) is 0 Å². The summed E-state index contributed by atoms with van der Waals surface area (Å²) in [5, 5.41) is 8.99. The van der Waals surface area contributed by atoms with Gasteiger partial charge in [0.25, 0.3) is 0 Å². The van der Waals surface area contributed by atoms with Crippen molar-refractivity contribution in [1.29, 1.82) is 5.26 Å². The normalized spacial score (nSPS) is 48.8. The van der Waals surface area contributed by atoms with Gasteiger partial charge in [-0.15, -0.1) is 0 Å². The molecule has 0 unspecified atom stereocenters. The van der Waals surface area contributed by atoms with Crippen LogP contribution in [0, 0.1) is 46.8 Å². The van der Waals surface area contributed by atoms with E-state index in [0.717, 1.165) is 5.57 Å². The number of esters is 2. The van der Waals surface area contributed by atoms with Gasteiger partial charge in [-0.1, -0.05) is 18.2 Å². The summed E-state index contributed by atoms with van der Waals surface area (Å²) in [6.45, 7) is 0. The molecule has 4 nitrogen and oxygen atoms in total. The molecule has 0 spiro atoms. The molecule has 0 aromatic rings. The summed E-state index contributed by atoms with van der Waals surface area (Å²) < 4.78 is 4.76. The molecule has 6 atom stereocenters. The predicted molar refractivity (Wildman–Crippen MR) is 54.9 cm³/mol. The Balaban J connectivity index is 1.84. The molecule has 4 aliphatic carbocycles. The maximum Gasteiger partial charge on any atom is 0.318 e. The fourth-order valence-corrected chi connectivity index (χ4v) is 3.97. The molecule has 2 bridgehead atoms. The third-order valence-electron chi connectivity index (χ3n) is 4.65. The van der Waals surface area contributed by atoms with Crippen molar-refractivity contribution in [3.05, 3.63) is 23.8 Å². The summed E-state index contributed by atoms with van der Waals surface area (Å²) in [7, 11) is 0. The Morgan fingerprint density at radius 3 is 2.35 bits per heavy atom. The number of allylic oxidation sites excluding steroid dienone is 4. The highest BCUT2D eigenvalue weighted by Crippen LogP contribution is 2.60. The van der Waals surface area contributed by atoms with Gasteiger partial charge in [-0.05, 0) is 17.8 Å². The Kier molecular flexibility index (Phi) is 1.44. The first-order chi connectivity index (χ1) is 8.22. The van der Waals surface area contributed by atoms with E-state index in [9.17, 15) is 9.59 Å². The second kappa shape index (κ2) is 2.67. The molecule has 1 heterocycles. The fraction of sp³-hybridized carbons (Fsp3) is 0.462. The minimum atomic E-state index is -0.401. The molecule has 0 amide bonds. The molecule has 5 rings (SSSR count). The van der Waals surface area contributed by atoms with Gasteiger partial charge in [0.05, 0.1) is 17.9 Å². The molecule has 5 aliphatic rings. The number of carbonyl (C=O) groups excluding carboxylic acids is 2. The van der Waals surface area contributed by atoms with Gasteiger partial charge < -0.3 is 4.74 Å². The molecule has 4 heteroatoms. The first-order valence-electron chi connectivity index (χ1n) is 5.78. The van der Waals surface area contributed by atoms with Crippen LogP contribution in [0.25, 0.3) is 0 Å². The zero-order valence-electron chi connectivity index (χ0n) is 8.87. The van der Waals surface area contributed by atoms with Crippen LogP contribution in [-0.2, 0) is 14.3 Å².